The predicted molar refractivity (Wildman–Crippen MR) is 130 cm³/mol. The van der Waals surface area contributed by atoms with E-state index in [1.54, 1.807) is 4.90 Å². The van der Waals surface area contributed by atoms with Gasteiger partial charge < -0.3 is 4.90 Å². The summed E-state index contributed by atoms with van der Waals surface area (Å²) in [4.78, 5) is 40.4. The van der Waals surface area contributed by atoms with E-state index in [-0.39, 0.29) is 27.4 Å². The van der Waals surface area contributed by atoms with E-state index in [0.717, 1.165) is 30.3 Å². The second kappa shape index (κ2) is 9.76. The van der Waals surface area contributed by atoms with Gasteiger partial charge in [-0.15, -0.1) is 0 Å². The minimum absolute atomic E-state index is 0.0125. The topological polar surface area (TPSA) is 134 Å². The average molecular weight is 496 g/mol. The molecular formula is C24H25N5O5S. The Morgan fingerprint density at radius 1 is 1.03 bits per heavy atom. The summed E-state index contributed by atoms with van der Waals surface area (Å²) < 4.78 is 30.4. The van der Waals surface area contributed by atoms with Crippen molar-refractivity contribution in [2.24, 2.45) is 7.05 Å². The largest absolute Gasteiger partial charge is 0.341 e. The number of likely N-dealkylation sites (tertiary alicyclic amines) is 1. The third-order valence-electron chi connectivity index (χ3n) is 6.15. The van der Waals surface area contributed by atoms with E-state index >= 15 is 0 Å². The molecule has 4 rings (SSSR count). The number of nitrogens with zero attached hydrogens (tertiary/aromatic N) is 4. The lowest BCUT2D eigenvalue weighted by Crippen LogP contribution is -2.44. The lowest BCUT2D eigenvalue weighted by Gasteiger charge is -2.21. The van der Waals surface area contributed by atoms with Gasteiger partial charge in [-0.1, -0.05) is 12.8 Å². The van der Waals surface area contributed by atoms with Crippen molar-refractivity contribution in [2.75, 3.05) is 17.8 Å². The highest BCUT2D eigenvalue weighted by molar-refractivity contribution is 7.92. The molecule has 35 heavy (non-hydrogen) atoms. The Balaban J connectivity index is 1.70. The zero-order valence-electron chi connectivity index (χ0n) is 19.2. The lowest BCUT2D eigenvalue weighted by molar-refractivity contribution is -0.131. The fraction of sp³-hybridized carbons (Fsp3) is 0.333. The molecule has 0 aliphatic carbocycles. The molecule has 2 aromatic carbocycles. The van der Waals surface area contributed by atoms with Gasteiger partial charge in [-0.05, 0) is 55.3 Å². The van der Waals surface area contributed by atoms with Crippen molar-refractivity contribution in [2.45, 2.75) is 37.1 Å². The number of rotatable bonds is 5. The van der Waals surface area contributed by atoms with Gasteiger partial charge in [0.2, 0.25) is 5.91 Å². The molecule has 1 N–H and O–H groups in total. The Labute approximate surface area is 202 Å². The number of aryl methyl sites for hydroxylation is 1. The highest BCUT2D eigenvalue weighted by atomic mass is 32.2. The molecule has 0 saturated carbocycles. The molecule has 1 amide bonds. The van der Waals surface area contributed by atoms with E-state index in [2.05, 4.69) is 4.72 Å². The highest BCUT2D eigenvalue weighted by Gasteiger charge is 2.21. The van der Waals surface area contributed by atoms with Crippen LogP contribution in [0, 0.1) is 11.3 Å². The monoisotopic (exact) mass is 495 g/mol. The van der Waals surface area contributed by atoms with E-state index in [9.17, 15) is 22.8 Å². The molecule has 1 saturated heterocycles. The van der Waals surface area contributed by atoms with Crippen molar-refractivity contribution in [3.05, 3.63) is 68.9 Å². The van der Waals surface area contributed by atoms with Crippen LogP contribution in [0.2, 0.25) is 0 Å². The zero-order chi connectivity index (χ0) is 25.2. The summed E-state index contributed by atoms with van der Waals surface area (Å²) in [5.41, 5.74) is -0.464. The summed E-state index contributed by atoms with van der Waals surface area (Å²) in [7, 11) is -2.59. The number of sulfonamides is 1. The van der Waals surface area contributed by atoms with Crippen LogP contribution >= 0.6 is 0 Å². The second-order valence-corrected chi connectivity index (χ2v) is 10.2. The maximum absolute atomic E-state index is 13.2. The molecule has 0 bridgehead atoms. The van der Waals surface area contributed by atoms with Gasteiger partial charge in [-0.2, -0.15) is 5.26 Å². The normalized spacial score (nSPS) is 14.3. The van der Waals surface area contributed by atoms with Crippen molar-refractivity contribution in [3.63, 3.8) is 0 Å². The standard InChI is InChI=1S/C24H25N5O5S/c1-27-21-11-10-19(35(33,34)26-18-8-6-17(15-25)7-9-18)14-20(21)23(31)29(24(27)32)16-22(30)28-12-4-2-3-5-13-28/h6-11,14,26H,2-5,12-13,16H2,1H3. The number of hydrogen-bond donors (Lipinski definition) is 1. The number of fused-ring (bicyclic) bond motifs is 1. The number of anilines is 1. The molecule has 3 aromatic rings. The minimum Gasteiger partial charge on any atom is -0.341 e. The first-order valence-electron chi connectivity index (χ1n) is 11.3. The van der Waals surface area contributed by atoms with E-state index < -0.39 is 27.8 Å². The van der Waals surface area contributed by atoms with Crippen LogP contribution in [0.3, 0.4) is 0 Å². The summed E-state index contributed by atoms with van der Waals surface area (Å²) in [6.45, 7) is 0.775. The van der Waals surface area contributed by atoms with Crippen LogP contribution in [0.15, 0.2) is 56.9 Å². The first-order valence-corrected chi connectivity index (χ1v) is 12.7. The van der Waals surface area contributed by atoms with Gasteiger partial charge >= 0.3 is 5.69 Å². The molecular weight excluding hydrogens is 470 g/mol. The van der Waals surface area contributed by atoms with Crippen LogP contribution in [0.5, 0.6) is 0 Å². The van der Waals surface area contributed by atoms with Crippen LogP contribution in [-0.2, 0) is 28.4 Å². The highest BCUT2D eigenvalue weighted by Crippen LogP contribution is 2.20. The predicted octanol–water partition coefficient (Wildman–Crippen LogP) is 1.78. The quantitative estimate of drug-likeness (QED) is 0.573. The SMILES string of the molecule is Cn1c(=O)n(CC(=O)N2CCCCCC2)c(=O)c2cc(S(=O)(=O)Nc3ccc(C#N)cc3)ccc21. The van der Waals surface area contributed by atoms with Gasteiger partial charge in [0.05, 0.1) is 27.4 Å². The molecule has 1 fully saturated rings. The first-order chi connectivity index (χ1) is 16.7. The Hall–Kier alpha value is -3.91. The van der Waals surface area contributed by atoms with Gasteiger partial charge in [-0.3, -0.25) is 23.4 Å². The minimum atomic E-state index is -4.06. The van der Waals surface area contributed by atoms with E-state index in [4.69, 9.17) is 5.26 Å². The van der Waals surface area contributed by atoms with E-state index in [1.807, 2.05) is 6.07 Å². The molecule has 1 aliphatic heterocycles. The summed E-state index contributed by atoms with van der Waals surface area (Å²) in [6, 6.07) is 11.7. The Bertz CT molecular complexity index is 1540. The van der Waals surface area contributed by atoms with Crippen molar-refractivity contribution in [1.82, 2.24) is 14.0 Å². The van der Waals surface area contributed by atoms with Crippen LogP contribution in [-0.4, -0.2) is 41.4 Å². The Morgan fingerprint density at radius 3 is 2.31 bits per heavy atom. The van der Waals surface area contributed by atoms with Crippen molar-refractivity contribution >= 4 is 32.5 Å². The molecule has 182 valence electrons. The van der Waals surface area contributed by atoms with E-state index in [1.165, 1.54) is 54.1 Å². The number of benzene rings is 2. The number of carbonyl (C=O) groups is 1. The van der Waals surface area contributed by atoms with Gasteiger partial charge in [0.1, 0.15) is 6.54 Å². The fourth-order valence-electron chi connectivity index (χ4n) is 4.18. The van der Waals surface area contributed by atoms with Crippen LogP contribution in [0.1, 0.15) is 31.2 Å². The molecule has 2 heterocycles. The van der Waals surface area contributed by atoms with Crippen molar-refractivity contribution in [3.8, 4) is 6.07 Å². The molecule has 0 atom stereocenters. The summed E-state index contributed by atoms with van der Waals surface area (Å²) in [5.74, 6) is -0.309. The van der Waals surface area contributed by atoms with Gasteiger partial charge in [-0.25, -0.2) is 13.2 Å². The van der Waals surface area contributed by atoms with Gasteiger partial charge in [0, 0.05) is 25.8 Å². The number of carbonyl (C=O) groups excluding carboxylic acids is 1. The molecule has 10 nitrogen and oxygen atoms in total. The average Bonchev–Trinajstić information content (AvgIpc) is 3.15. The molecule has 0 unspecified atom stereocenters. The summed E-state index contributed by atoms with van der Waals surface area (Å²) in [5, 5.41) is 8.92. The molecule has 11 heteroatoms. The molecule has 0 radical (unpaired) electrons. The molecule has 1 aromatic heterocycles. The smallest absolute Gasteiger partial charge is 0.331 e. The number of nitriles is 1. The second-order valence-electron chi connectivity index (χ2n) is 8.50. The molecule has 0 spiro atoms. The van der Waals surface area contributed by atoms with Crippen LogP contribution < -0.4 is 16.0 Å². The lowest BCUT2D eigenvalue weighted by atomic mass is 10.2. The number of amides is 1. The summed E-state index contributed by atoms with van der Waals surface area (Å²) >= 11 is 0. The molecule has 1 aliphatic rings. The third-order valence-corrected chi connectivity index (χ3v) is 7.53. The van der Waals surface area contributed by atoms with Gasteiger partial charge in [0.15, 0.2) is 0 Å². The Morgan fingerprint density at radius 2 is 1.69 bits per heavy atom. The fourth-order valence-corrected chi connectivity index (χ4v) is 5.27. The number of aromatic nitrogens is 2. The maximum Gasteiger partial charge on any atom is 0.331 e. The number of nitrogens with one attached hydrogen (secondary N) is 1. The number of hydrogen-bond acceptors (Lipinski definition) is 6. The van der Waals surface area contributed by atoms with E-state index in [0.29, 0.717) is 18.7 Å². The maximum atomic E-state index is 13.2. The van der Waals surface area contributed by atoms with Crippen LogP contribution in [0.25, 0.3) is 10.9 Å². The van der Waals surface area contributed by atoms with Crippen LogP contribution in [0.4, 0.5) is 5.69 Å². The first kappa shape index (κ1) is 24.2. The Kier molecular flexibility index (Phi) is 6.75. The van der Waals surface area contributed by atoms with Crippen molar-refractivity contribution < 1.29 is 13.2 Å². The summed E-state index contributed by atoms with van der Waals surface area (Å²) in [6.07, 6.45) is 3.83. The third kappa shape index (κ3) is 4.97. The van der Waals surface area contributed by atoms with Gasteiger partial charge in [0.25, 0.3) is 15.6 Å². The van der Waals surface area contributed by atoms with Crippen molar-refractivity contribution in [1.29, 1.82) is 5.26 Å². The zero-order valence-corrected chi connectivity index (χ0v) is 20.0.